The molecule has 10 nitrogen and oxygen atoms in total. The Morgan fingerprint density at radius 2 is 1.83 bits per heavy atom. The lowest BCUT2D eigenvalue weighted by atomic mass is 9.93. The molecular weight excluding hydrogens is 386 g/mol. The second-order valence-corrected chi connectivity index (χ2v) is 8.90. The van der Waals surface area contributed by atoms with Gasteiger partial charge in [-0.05, 0) is 37.1 Å². The zero-order chi connectivity index (χ0) is 21.1. The van der Waals surface area contributed by atoms with Gasteiger partial charge in [0.2, 0.25) is 11.8 Å². The van der Waals surface area contributed by atoms with E-state index in [1.165, 1.54) is 19.3 Å². The van der Waals surface area contributed by atoms with Gasteiger partial charge in [0.15, 0.2) is 5.82 Å². The first-order valence-corrected chi connectivity index (χ1v) is 11.2. The number of tetrazole rings is 1. The Morgan fingerprint density at radius 1 is 1.10 bits per heavy atom. The molecule has 0 bridgehead atoms. The van der Waals surface area contributed by atoms with Crippen LogP contribution in [0.3, 0.4) is 0 Å². The van der Waals surface area contributed by atoms with Crippen LogP contribution in [0.1, 0.15) is 51.8 Å². The molecular formula is C20H33N7O3. The Morgan fingerprint density at radius 3 is 2.53 bits per heavy atom. The van der Waals surface area contributed by atoms with E-state index in [2.05, 4.69) is 34.3 Å². The summed E-state index contributed by atoms with van der Waals surface area (Å²) in [6, 6.07) is 0.355. The van der Waals surface area contributed by atoms with Crippen LogP contribution < -0.4 is 0 Å². The average molecular weight is 420 g/mol. The molecule has 3 fully saturated rings. The molecule has 30 heavy (non-hydrogen) atoms. The lowest BCUT2D eigenvalue weighted by Gasteiger charge is -2.40. The van der Waals surface area contributed by atoms with E-state index in [9.17, 15) is 9.59 Å². The van der Waals surface area contributed by atoms with Crippen molar-refractivity contribution in [2.75, 3.05) is 32.7 Å². The highest BCUT2D eigenvalue weighted by Gasteiger charge is 2.32. The largest absolute Gasteiger partial charge is 0.373 e. The van der Waals surface area contributed by atoms with E-state index >= 15 is 0 Å². The van der Waals surface area contributed by atoms with Gasteiger partial charge in [-0.3, -0.25) is 14.5 Å². The standard InChI is InChI=1S/C20H33N7O3/c1-15-10-24(11-16(2)30-15)12-18-21-22-23-27(18)14-19(28)25-8-9-26(20(29)13-25)17-6-4-3-5-7-17/h15-17H,3-14H2,1-2H3/t15-,16+. The van der Waals surface area contributed by atoms with Crippen LogP contribution in [0.4, 0.5) is 0 Å². The number of carbonyl (C=O) groups is 2. The predicted molar refractivity (Wildman–Crippen MR) is 108 cm³/mol. The maximum atomic E-state index is 12.8. The number of hydrogen-bond acceptors (Lipinski definition) is 7. The summed E-state index contributed by atoms with van der Waals surface area (Å²) < 4.78 is 7.34. The number of morpholine rings is 1. The van der Waals surface area contributed by atoms with Gasteiger partial charge in [0, 0.05) is 32.2 Å². The molecule has 2 saturated heterocycles. The third-order valence-electron chi connectivity index (χ3n) is 6.38. The van der Waals surface area contributed by atoms with Crippen LogP contribution in [0.25, 0.3) is 0 Å². The van der Waals surface area contributed by atoms with Crippen LogP contribution in [0.2, 0.25) is 0 Å². The van der Waals surface area contributed by atoms with Gasteiger partial charge in [0.25, 0.3) is 0 Å². The minimum atomic E-state index is -0.107. The predicted octanol–water partition coefficient (Wildman–Crippen LogP) is 0.286. The number of amides is 2. The molecule has 1 aliphatic carbocycles. The molecule has 1 saturated carbocycles. The normalized spacial score (nSPS) is 26.9. The van der Waals surface area contributed by atoms with E-state index in [4.69, 9.17) is 4.74 Å². The van der Waals surface area contributed by atoms with Crippen molar-refractivity contribution in [3.05, 3.63) is 5.82 Å². The topological polar surface area (TPSA) is 96.7 Å². The minimum Gasteiger partial charge on any atom is -0.373 e. The highest BCUT2D eigenvalue weighted by molar-refractivity contribution is 5.86. The van der Waals surface area contributed by atoms with E-state index in [0.29, 0.717) is 31.5 Å². The molecule has 0 N–H and O–H groups in total. The highest BCUT2D eigenvalue weighted by atomic mass is 16.5. The Bertz CT molecular complexity index is 739. The van der Waals surface area contributed by atoms with E-state index in [0.717, 1.165) is 25.9 Å². The highest BCUT2D eigenvalue weighted by Crippen LogP contribution is 2.24. The fourth-order valence-corrected chi connectivity index (χ4v) is 4.98. The van der Waals surface area contributed by atoms with E-state index in [-0.39, 0.29) is 37.1 Å². The van der Waals surface area contributed by atoms with Crippen molar-refractivity contribution < 1.29 is 14.3 Å². The summed E-state index contributed by atoms with van der Waals surface area (Å²) in [6.07, 6.45) is 6.15. The number of ether oxygens (including phenoxy) is 1. The molecule has 2 aliphatic heterocycles. The third kappa shape index (κ3) is 4.97. The molecule has 2 atom stereocenters. The van der Waals surface area contributed by atoms with E-state index < -0.39 is 0 Å². The second kappa shape index (κ2) is 9.38. The van der Waals surface area contributed by atoms with Gasteiger partial charge in [-0.25, -0.2) is 4.68 Å². The number of aromatic nitrogens is 4. The quantitative estimate of drug-likeness (QED) is 0.676. The van der Waals surface area contributed by atoms with Crippen molar-refractivity contribution >= 4 is 11.8 Å². The van der Waals surface area contributed by atoms with Gasteiger partial charge < -0.3 is 14.5 Å². The summed E-state index contributed by atoms with van der Waals surface area (Å²) in [5, 5.41) is 11.9. The summed E-state index contributed by atoms with van der Waals surface area (Å²) >= 11 is 0. The Labute approximate surface area is 177 Å². The van der Waals surface area contributed by atoms with Gasteiger partial charge in [0.1, 0.15) is 6.54 Å². The Kier molecular flexibility index (Phi) is 6.62. The third-order valence-corrected chi connectivity index (χ3v) is 6.38. The molecule has 0 aromatic carbocycles. The van der Waals surface area contributed by atoms with Crippen molar-refractivity contribution in [2.45, 2.75) is 77.3 Å². The first-order chi connectivity index (χ1) is 14.5. The lowest BCUT2D eigenvalue weighted by Crippen LogP contribution is -2.56. The molecule has 2 amide bonds. The maximum Gasteiger partial charge on any atom is 0.244 e. The van der Waals surface area contributed by atoms with Crippen LogP contribution in [0.5, 0.6) is 0 Å². The SMILES string of the molecule is C[C@@H]1CN(Cc2nnnn2CC(=O)N2CCN(C3CCCCC3)C(=O)C2)C[C@H](C)O1. The van der Waals surface area contributed by atoms with Crippen LogP contribution in [0.15, 0.2) is 0 Å². The first-order valence-electron chi connectivity index (χ1n) is 11.2. The summed E-state index contributed by atoms with van der Waals surface area (Å²) in [4.78, 5) is 31.4. The van der Waals surface area contributed by atoms with Crippen molar-refractivity contribution in [3.8, 4) is 0 Å². The lowest BCUT2D eigenvalue weighted by molar-refractivity contribution is -0.148. The Balaban J connectivity index is 1.31. The molecule has 4 rings (SSSR count). The van der Waals surface area contributed by atoms with Gasteiger partial charge in [-0.15, -0.1) is 5.10 Å². The number of hydrogen-bond donors (Lipinski definition) is 0. The molecule has 3 heterocycles. The van der Waals surface area contributed by atoms with Crippen molar-refractivity contribution in [1.82, 2.24) is 34.9 Å². The molecule has 0 unspecified atom stereocenters. The first kappa shape index (κ1) is 21.2. The van der Waals surface area contributed by atoms with Crippen molar-refractivity contribution in [2.24, 2.45) is 0 Å². The van der Waals surface area contributed by atoms with Crippen LogP contribution in [0, 0.1) is 0 Å². The number of piperazine rings is 1. The monoisotopic (exact) mass is 419 g/mol. The summed E-state index contributed by atoms with van der Waals surface area (Å²) in [5.41, 5.74) is 0. The van der Waals surface area contributed by atoms with E-state index in [1.807, 2.05) is 4.90 Å². The second-order valence-electron chi connectivity index (χ2n) is 8.90. The number of rotatable bonds is 5. The fraction of sp³-hybridized carbons (Fsp3) is 0.850. The molecule has 10 heteroatoms. The summed E-state index contributed by atoms with van der Waals surface area (Å²) in [6.45, 7) is 7.73. The zero-order valence-corrected chi connectivity index (χ0v) is 18.1. The maximum absolute atomic E-state index is 12.8. The van der Waals surface area contributed by atoms with Gasteiger partial charge in [0.05, 0.1) is 25.3 Å². The molecule has 0 radical (unpaired) electrons. The number of nitrogens with zero attached hydrogens (tertiary/aromatic N) is 7. The summed E-state index contributed by atoms with van der Waals surface area (Å²) in [5.74, 6) is 0.621. The van der Waals surface area contributed by atoms with Crippen LogP contribution in [-0.4, -0.2) is 97.7 Å². The van der Waals surface area contributed by atoms with Crippen LogP contribution >= 0.6 is 0 Å². The van der Waals surface area contributed by atoms with E-state index in [1.54, 1.807) is 9.58 Å². The fourth-order valence-electron chi connectivity index (χ4n) is 4.98. The zero-order valence-electron chi connectivity index (χ0n) is 18.1. The minimum absolute atomic E-state index is 0.0640. The summed E-state index contributed by atoms with van der Waals surface area (Å²) in [7, 11) is 0. The van der Waals surface area contributed by atoms with Crippen molar-refractivity contribution in [1.29, 1.82) is 0 Å². The smallest absolute Gasteiger partial charge is 0.244 e. The molecule has 166 valence electrons. The molecule has 1 aromatic rings. The molecule has 3 aliphatic rings. The van der Waals surface area contributed by atoms with Crippen LogP contribution in [-0.2, 0) is 27.4 Å². The van der Waals surface area contributed by atoms with Gasteiger partial charge in [-0.1, -0.05) is 19.3 Å². The van der Waals surface area contributed by atoms with Gasteiger partial charge >= 0.3 is 0 Å². The average Bonchev–Trinajstić information content (AvgIpc) is 3.14. The van der Waals surface area contributed by atoms with Crippen molar-refractivity contribution in [3.63, 3.8) is 0 Å². The number of carbonyl (C=O) groups excluding carboxylic acids is 2. The van der Waals surface area contributed by atoms with Gasteiger partial charge in [-0.2, -0.15) is 0 Å². The molecule has 1 aromatic heterocycles. The molecule has 0 spiro atoms. The Hall–Kier alpha value is -2.07.